The molecule has 21 heavy (non-hydrogen) atoms. The summed E-state index contributed by atoms with van der Waals surface area (Å²) in [5.74, 6) is 1.14. The third-order valence-corrected chi connectivity index (χ3v) is 3.82. The van der Waals surface area contributed by atoms with Crippen LogP contribution in [0.3, 0.4) is 0 Å². The van der Waals surface area contributed by atoms with Crippen LogP contribution < -0.4 is 5.32 Å². The molecule has 0 aliphatic rings. The van der Waals surface area contributed by atoms with Crippen LogP contribution in [0, 0.1) is 0 Å². The van der Waals surface area contributed by atoms with Crippen molar-refractivity contribution in [2.75, 3.05) is 6.54 Å². The fraction of sp³-hybridized carbons (Fsp3) is 0.625. The first-order chi connectivity index (χ1) is 10.2. The molecular weight excluding hydrogens is 262 g/mol. The van der Waals surface area contributed by atoms with E-state index < -0.39 is 0 Å². The third-order valence-electron chi connectivity index (χ3n) is 3.82. The minimum absolute atomic E-state index is 0.279. The maximum Gasteiger partial charge on any atom is 0.110 e. The molecule has 0 aromatic carbocycles. The van der Waals surface area contributed by atoms with Crippen LogP contribution in [-0.2, 0) is 26.4 Å². The zero-order chi connectivity index (χ0) is 15.2. The predicted octanol–water partition coefficient (Wildman–Crippen LogP) is 2.48. The topological polar surface area (TPSA) is 47.7 Å². The summed E-state index contributed by atoms with van der Waals surface area (Å²) in [5.41, 5.74) is 2.49. The average Bonchev–Trinajstić information content (AvgIpc) is 3.08. The van der Waals surface area contributed by atoms with Gasteiger partial charge in [-0.25, -0.2) is 4.98 Å². The Kier molecular flexibility index (Phi) is 5.56. The van der Waals surface area contributed by atoms with Crippen molar-refractivity contribution in [3.63, 3.8) is 0 Å². The Hall–Kier alpha value is -1.62. The van der Waals surface area contributed by atoms with Gasteiger partial charge in [0.25, 0.3) is 0 Å². The lowest BCUT2D eigenvalue weighted by atomic mass is 10.0. The Bertz CT molecular complexity index is 555. The van der Waals surface area contributed by atoms with Crippen LogP contribution in [0.4, 0.5) is 0 Å². The second-order valence-corrected chi connectivity index (χ2v) is 5.40. The Balaban J connectivity index is 2.25. The van der Waals surface area contributed by atoms with Crippen molar-refractivity contribution in [1.29, 1.82) is 0 Å². The second-order valence-electron chi connectivity index (χ2n) is 5.40. The summed E-state index contributed by atoms with van der Waals surface area (Å²) in [5, 5.41) is 8.24. The zero-order valence-corrected chi connectivity index (χ0v) is 13.6. The number of aromatic nitrogens is 4. The van der Waals surface area contributed by atoms with Gasteiger partial charge < -0.3 is 9.88 Å². The number of hydrogen-bond acceptors (Lipinski definition) is 3. The van der Waals surface area contributed by atoms with Gasteiger partial charge in [0, 0.05) is 50.2 Å². The van der Waals surface area contributed by atoms with Crippen molar-refractivity contribution >= 4 is 0 Å². The van der Waals surface area contributed by atoms with Gasteiger partial charge in [0.15, 0.2) is 0 Å². The molecule has 2 heterocycles. The summed E-state index contributed by atoms with van der Waals surface area (Å²) >= 11 is 0. The van der Waals surface area contributed by atoms with Crippen molar-refractivity contribution in [3.05, 3.63) is 35.7 Å². The molecular formula is C16H27N5. The van der Waals surface area contributed by atoms with E-state index in [2.05, 4.69) is 53.1 Å². The Labute approximate surface area is 127 Å². The molecule has 116 valence electrons. The maximum atomic E-state index is 4.58. The van der Waals surface area contributed by atoms with Gasteiger partial charge in [-0.1, -0.05) is 13.8 Å². The summed E-state index contributed by atoms with van der Waals surface area (Å²) in [6.07, 6.45) is 9.07. The molecule has 0 saturated heterocycles. The molecule has 5 nitrogen and oxygen atoms in total. The van der Waals surface area contributed by atoms with E-state index in [1.165, 1.54) is 11.3 Å². The van der Waals surface area contributed by atoms with Gasteiger partial charge in [0.1, 0.15) is 5.82 Å². The number of rotatable bonds is 8. The van der Waals surface area contributed by atoms with Crippen molar-refractivity contribution in [2.24, 2.45) is 7.05 Å². The summed E-state index contributed by atoms with van der Waals surface area (Å²) in [7, 11) is 1.99. The average molecular weight is 289 g/mol. The molecule has 1 unspecified atom stereocenters. The van der Waals surface area contributed by atoms with Crippen LogP contribution in [0.1, 0.15) is 50.3 Å². The molecule has 0 bridgehead atoms. The molecule has 0 amide bonds. The monoisotopic (exact) mass is 289 g/mol. The van der Waals surface area contributed by atoms with Gasteiger partial charge in [-0.2, -0.15) is 5.10 Å². The Morgan fingerprint density at radius 2 is 2.10 bits per heavy atom. The minimum Gasteiger partial charge on any atom is -0.335 e. The molecule has 2 aromatic heterocycles. The van der Waals surface area contributed by atoms with E-state index in [0.29, 0.717) is 0 Å². The van der Waals surface area contributed by atoms with E-state index in [0.717, 1.165) is 38.2 Å². The van der Waals surface area contributed by atoms with E-state index in [1.807, 2.05) is 17.9 Å². The first-order valence-electron chi connectivity index (χ1n) is 7.95. The van der Waals surface area contributed by atoms with E-state index in [-0.39, 0.29) is 6.04 Å². The van der Waals surface area contributed by atoms with Crippen LogP contribution >= 0.6 is 0 Å². The molecule has 0 aliphatic carbocycles. The Morgan fingerprint density at radius 1 is 1.29 bits per heavy atom. The number of imidazole rings is 1. The number of nitrogens with one attached hydrogen (secondary N) is 1. The fourth-order valence-corrected chi connectivity index (χ4v) is 2.73. The van der Waals surface area contributed by atoms with Crippen LogP contribution in [0.5, 0.6) is 0 Å². The third kappa shape index (κ3) is 3.73. The van der Waals surface area contributed by atoms with Crippen LogP contribution in [0.25, 0.3) is 0 Å². The highest BCUT2D eigenvalue weighted by Gasteiger charge is 2.19. The van der Waals surface area contributed by atoms with E-state index >= 15 is 0 Å². The molecule has 0 radical (unpaired) electrons. The van der Waals surface area contributed by atoms with Gasteiger partial charge in [-0.15, -0.1) is 0 Å². The van der Waals surface area contributed by atoms with Crippen molar-refractivity contribution in [1.82, 2.24) is 24.6 Å². The van der Waals surface area contributed by atoms with E-state index in [1.54, 1.807) is 0 Å². The van der Waals surface area contributed by atoms with Crippen LogP contribution in [0.2, 0.25) is 0 Å². The summed E-state index contributed by atoms with van der Waals surface area (Å²) in [4.78, 5) is 4.52. The van der Waals surface area contributed by atoms with Gasteiger partial charge in [-0.3, -0.25) is 4.68 Å². The van der Waals surface area contributed by atoms with Crippen molar-refractivity contribution < 1.29 is 0 Å². The van der Waals surface area contributed by atoms with Gasteiger partial charge in [0.05, 0.1) is 5.69 Å². The highest BCUT2D eigenvalue weighted by Crippen LogP contribution is 2.21. The fourth-order valence-electron chi connectivity index (χ4n) is 2.73. The van der Waals surface area contributed by atoms with Gasteiger partial charge >= 0.3 is 0 Å². The second kappa shape index (κ2) is 7.41. The summed E-state index contributed by atoms with van der Waals surface area (Å²) in [6, 6.07) is 0.279. The van der Waals surface area contributed by atoms with E-state index in [4.69, 9.17) is 0 Å². The largest absolute Gasteiger partial charge is 0.335 e. The first kappa shape index (κ1) is 15.8. The SMILES string of the molecule is CCCNC(Cc1nccn1CC)c1cn(C)nc1CC. The Morgan fingerprint density at radius 3 is 2.76 bits per heavy atom. The quantitative estimate of drug-likeness (QED) is 0.812. The highest BCUT2D eigenvalue weighted by atomic mass is 15.3. The molecule has 0 fully saturated rings. The number of hydrogen-bond donors (Lipinski definition) is 1. The van der Waals surface area contributed by atoms with E-state index in [9.17, 15) is 0 Å². The number of nitrogens with zero attached hydrogens (tertiary/aromatic N) is 4. The molecule has 2 aromatic rings. The van der Waals surface area contributed by atoms with Crippen molar-refractivity contribution in [3.8, 4) is 0 Å². The van der Waals surface area contributed by atoms with Crippen LogP contribution in [-0.4, -0.2) is 25.9 Å². The lowest BCUT2D eigenvalue weighted by Crippen LogP contribution is -2.26. The lowest BCUT2D eigenvalue weighted by molar-refractivity contribution is 0.503. The smallest absolute Gasteiger partial charge is 0.110 e. The molecule has 0 aliphatic heterocycles. The van der Waals surface area contributed by atoms with Gasteiger partial charge in [0.2, 0.25) is 0 Å². The predicted molar refractivity (Wildman–Crippen MR) is 85.2 cm³/mol. The molecule has 1 N–H and O–H groups in total. The first-order valence-corrected chi connectivity index (χ1v) is 7.95. The lowest BCUT2D eigenvalue weighted by Gasteiger charge is -2.19. The zero-order valence-electron chi connectivity index (χ0n) is 13.6. The van der Waals surface area contributed by atoms with Crippen LogP contribution in [0.15, 0.2) is 18.6 Å². The summed E-state index contributed by atoms with van der Waals surface area (Å²) in [6.45, 7) is 8.48. The number of aryl methyl sites for hydroxylation is 3. The molecule has 2 rings (SSSR count). The summed E-state index contributed by atoms with van der Waals surface area (Å²) < 4.78 is 4.13. The molecule has 5 heteroatoms. The molecule has 0 saturated carbocycles. The minimum atomic E-state index is 0.279. The maximum absolute atomic E-state index is 4.58. The molecule has 1 atom stereocenters. The van der Waals surface area contributed by atoms with Crippen molar-refractivity contribution in [2.45, 2.75) is 52.6 Å². The molecule has 0 spiro atoms. The standard InChI is InChI=1S/C16H27N5/c1-5-8-17-15(11-16-18-9-10-21(16)7-3)13-12-20(4)19-14(13)6-2/h9-10,12,15,17H,5-8,11H2,1-4H3. The van der Waals surface area contributed by atoms with Gasteiger partial charge in [-0.05, 0) is 26.3 Å². The normalized spacial score (nSPS) is 12.8. The highest BCUT2D eigenvalue weighted by molar-refractivity contribution is 5.23.